The van der Waals surface area contributed by atoms with Crippen molar-refractivity contribution in [2.24, 2.45) is 5.92 Å². The lowest BCUT2D eigenvalue weighted by molar-refractivity contribution is -0.469. The molecule has 1 heterocycles. The van der Waals surface area contributed by atoms with E-state index in [1.165, 1.54) is 5.32 Å². The predicted molar refractivity (Wildman–Crippen MR) is 116 cm³/mol. The van der Waals surface area contributed by atoms with Crippen molar-refractivity contribution in [1.82, 2.24) is 4.90 Å². The molecule has 8 heteroatoms. The Kier molecular flexibility index (Phi) is 7.18. The largest absolute Gasteiger partial charge is 0.432 e. The van der Waals surface area contributed by atoms with Crippen LogP contribution < -0.4 is 5.32 Å². The second-order valence-electron chi connectivity index (χ2n) is 7.75. The molecular formula is C23H24ClF3N3O+. The number of amides is 1. The number of rotatable bonds is 5. The van der Waals surface area contributed by atoms with Crippen LogP contribution in [0.4, 0.5) is 18.9 Å². The van der Waals surface area contributed by atoms with Crippen molar-refractivity contribution in [1.29, 1.82) is 5.41 Å². The van der Waals surface area contributed by atoms with Gasteiger partial charge in [-0.1, -0.05) is 30.7 Å². The van der Waals surface area contributed by atoms with Gasteiger partial charge < -0.3 is 4.90 Å². The maximum atomic E-state index is 13.0. The molecule has 2 aromatic rings. The maximum Gasteiger partial charge on any atom is 0.432 e. The molecule has 1 aliphatic rings. The first-order valence-electron chi connectivity index (χ1n) is 10.0. The lowest BCUT2D eigenvalue weighted by atomic mass is 9.99. The third-order valence-corrected chi connectivity index (χ3v) is 5.58. The number of likely N-dealkylation sites (tertiary alicyclic amines) is 1. The van der Waals surface area contributed by atoms with Crippen LogP contribution in [-0.2, 0) is 0 Å². The molecular weight excluding hydrogens is 427 g/mol. The molecule has 3 rings (SSSR count). The number of allylic oxidation sites excluding steroid dienone is 1. The van der Waals surface area contributed by atoms with Crippen LogP contribution in [0.3, 0.4) is 0 Å². The molecule has 0 bridgehead atoms. The normalized spacial score (nSPS) is 17.5. The van der Waals surface area contributed by atoms with E-state index in [0.29, 0.717) is 40.8 Å². The first-order valence-corrected chi connectivity index (χ1v) is 10.4. The van der Waals surface area contributed by atoms with E-state index in [-0.39, 0.29) is 11.6 Å². The van der Waals surface area contributed by atoms with E-state index in [4.69, 9.17) is 17.0 Å². The first-order chi connectivity index (χ1) is 14.6. The fourth-order valence-electron chi connectivity index (χ4n) is 3.57. The Morgan fingerprint density at radius 2 is 1.81 bits per heavy atom. The topological polar surface area (TPSA) is 60.8 Å². The lowest BCUT2D eigenvalue weighted by Crippen LogP contribution is -2.74. The summed E-state index contributed by atoms with van der Waals surface area (Å²) in [5, 5.41) is 9.28. The molecule has 4 nitrogen and oxygen atoms in total. The average molecular weight is 451 g/mol. The molecule has 0 spiro atoms. The Hall–Kier alpha value is -2.64. The van der Waals surface area contributed by atoms with Crippen LogP contribution in [0.25, 0.3) is 5.70 Å². The van der Waals surface area contributed by atoms with E-state index >= 15 is 0 Å². The molecule has 0 aromatic heterocycles. The van der Waals surface area contributed by atoms with E-state index in [9.17, 15) is 18.0 Å². The smallest absolute Gasteiger partial charge is 0.338 e. The molecule has 1 amide bonds. The number of carbonyl (C=O) groups excluding carboxylic acids is 1. The van der Waals surface area contributed by atoms with Crippen LogP contribution in [0.5, 0.6) is 0 Å². The van der Waals surface area contributed by atoms with Gasteiger partial charge in [-0.2, -0.15) is 13.2 Å². The minimum atomic E-state index is -4.76. The number of quaternary nitrogens is 1. The summed E-state index contributed by atoms with van der Waals surface area (Å²) in [5.41, 5.74) is 0.195. The van der Waals surface area contributed by atoms with E-state index < -0.39 is 11.9 Å². The van der Waals surface area contributed by atoms with Gasteiger partial charge in [-0.05, 0) is 49.1 Å². The van der Waals surface area contributed by atoms with Gasteiger partial charge in [0.25, 0.3) is 5.91 Å². The fourth-order valence-corrected chi connectivity index (χ4v) is 3.76. The van der Waals surface area contributed by atoms with Gasteiger partial charge >= 0.3 is 6.18 Å². The van der Waals surface area contributed by atoms with Crippen molar-refractivity contribution >= 4 is 34.6 Å². The number of nitrogens with two attached hydrogens (primary N) is 1. The molecule has 1 aliphatic heterocycles. The SMILES string of the molecule is C[C@@H]1CCCN(C(=O)c2ccc(/C(=C/C(=N)C(F)(F)F)[NH2+]c3ccccc3Cl)cc2)C1. The molecule has 1 atom stereocenters. The summed E-state index contributed by atoms with van der Waals surface area (Å²) in [5.74, 6) is 0.367. The maximum absolute atomic E-state index is 13.0. The number of hydrogen-bond acceptors (Lipinski definition) is 2. The number of nitrogens with one attached hydrogen (secondary N) is 1. The molecule has 31 heavy (non-hydrogen) atoms. The zero-order valence-corrected chi connectivity index (χ0v) is 17.8. The van der Waals surface area contributed by atoms with Crippen LogP contribution in [0.15, 0.2) is 54.6 Å². The van der Waals surface area contributed by atoms with Gasteiger partial charge in [0.15, 0.2) is 5.69 Å². The summed E-state index contributed by atoms with van der Waals surface area (Å²) in [6.45, 7) is 3.52. The lowest BCUT2D eigenvalue weighted by Gasteiger charge is -2.31. The predicted octanol–water partition coefficient (Wildman–Crippen LogP) is 5.03. The molecule has 0 aliphatic carbocycles. The van der Waals surface area contributed by atoms with Gasteiger partial charge in [-0.25, -0.2) is 0 Å². The fraction of sp³-hybridized carbons (Fsp3) is 0.304. The Bertz CT molecular complexity index is 986. The van der Waals surface area contributed by atoms with Crippen molar-refractivity contribution in [3.8, 4) is 0 Å². The molecule has 2 aromatic carbocycles. The molecule has 164 valence electrons. The van der Waals surface area contributed by atoms with Crippen LogP contribution in [0.2, 0.25) is 5.02 Å². The number of carbonyl (C=O) groups is 1. The zero-order chi connectivity index (χ0) is 22.6. The summed E-state index contributed by atoms with van der Waals surface area (Å²) in [6, 6.07) is 13.2. The molecule has 0 saturated carbocycles. The minimum Gasteiger partial charge on any atom is -0.338 e. The summed E-state index contributed by atoms with van der Waals surface area (Å²) in [4.78, 5) is 14.6. The standard InChI is InChI=1S/C23H23ClF3N3O/c1-15-5-4-12-30(14-15)22(31)17-10-8-16(9-11-17)20(13-21(28)23(25,26)27)29-19-7-3-2-6-18(19)24/h2-3,6-11,13,15,28-29H,4-5,12,14H2,1H3/p+1/b20-13-,28-21?/t15-/m1/s1. The number of para-hydroxylation sites is 1. The third kappa shape index (κ3) is 5.95. The van der Waals surface area contributed by atoms with Gasteiger partial charge in [-0.15, -0.1) is 0 Å². The molecule has 0 radical (unpaired) electrons. The van der Waals surface area contributed by atoms with Gasteiger partial charge in [0.1, 0.15) is 16.4 Å². The van der Waals surface area contributed by atoms with Crippen molar-refractivity contribution in [3.05, 3.63) is 70.8 Å². The van der Waals surface area contributed by atoms with Crippen LogP contribution in [-0.4, -0.2) is 35.8 Å². The Morgan fingerprint density at radius 3 is 2.42 bits per heavy atom. The van der Waals surface area contributed by atoms with Gasteiger partial charge in [0.2, 0.25) is 0 Å². The average Bonchev–Trinajstić information content (AvgIpc) is 2.73. The van der Waals surface area contributed by atoms with E-state index in [0.717, 1.165) is 18.9 Å². The number of halogens is 4. The van der Waals surface area contributed by atoms with Crippen molar-refractivity contribution in [2.75, 3.05) is 13.1 Å². The van der Waals surface area contributed by atoms with E-state index in [2.05, 4.69) is 6.92 Å². The summed E-state index contributed by atoms with van der Waals surface area (Å²) < 4.78 is 39.0. The summed E-state index contributed by atoms with van der Waals surface area (Å²) in [7, 11) is 0. The zero-order valence-electron chi connectivity index (χ0n) is 17.0. The first kappa shape index (κ1) is 23.0. The molecule has 0 unspecified atom stereocenters. The molecule has 3 N–H and O–H groups in total. The second kappa shape index (κ2) is 9.66. The quantitative estimate of drug-likeness (QED) is 0.487. The Balaban J connectivity index is 1.88. The van der Waals surface area contributed by atoms with Crippen LogP contribution in [0.1, 0.15) is 35.7 Å². The van der Waals surface area contributed by atoms with Gasteiger partial charge in [0, 0.05) is 36.4 Å². The number of hydrogen-bond donors (Lipinski definition) is 2. The monoisotopic (exact) mass is 450 g/mol. The third-order valence-electron chi connectivity index (χ3n) is 5.23. The van der Waals surface area contributed by atoms with Crippen molar-refractivity contribution in [3.63, 3.8) is 0 Å². The number of benzene rings is 2. The van der Waals surface area contributed by atoms with Crippen molar-refractivity contribution in [2.45, 2.75) is 25.9 Å². The van der Waals surface area contributed by atoms with Crippen LogP contribution in [0, 0.1) is 11.3 Å². The molecule has 1 saturated heterocycles. The highest BCUT2D eigenvalue weighted by Gasteiger charge is 2.34. The summed E-state index contributed by atoms with van der Waals surface area (Å²) >= 11 is 6.16. The van der Waals surface area contributed by atoms with Gasteiger partial charge in [0.05, 0.1) is 0 Å². The highest BCUT2D eigenvalue weighted by molar-refractivity contribution is 6.32. The number of nitrogens with zero attached hydrogens (tertiary/aromatic N) is 1. The van der Waals surface area contributed by atoms with Gasteiger partial charge in [-0.3, -0.25) is 15.5 Å². The number of alkyl halides is 3. The summed E-state index contributed by atoms with van der Waals surface area (Å²) in [6.07, 6.45) is -1.93. The molecule has 1 fully saturated rings. The number of piperidine rings is 1. The highest BCUT2D eigenvalue weighted by Crippen LogP contribution is 2.23. The van der Waals surface area contributed by atoms with E-state index in [1.807, 2.05) is 4.90 Å². The second-order valence-corrected chi connectivity index (χ2v) is 8.16. The minimum absolute atomic E-state index is 0.0817. The Morgan fingerprint density at radius 1 is 1.16 bits per heavy atom. The Labute approximate surface area is 184 Å². The van der Waals surface area contributed by atoms with Crippen molar-refractivity contribution < 1.29 is 23.3 Å². The van der Waals surface area contributed by atoms with E-state index in [1.54, 1.807) is 48.5 Å². The van der Waals surface area contributed by atoms with Crippen LogP contribution >= 0.6 is 11.6 Å². The highest BCUT2D eigenvalue weighted by atomic mass is 35.5.